The van der Waals surface area contributed by atoms with Crippen molar-refractivity contribution < 1.29 is 9.21 Å². The van der Waals surface area contributed by atoms with Gasteiger partial charge in [-0.05, 0) is 38.1 Å². The normalized spacial score (nSPS) is 19.4. The molecule has 8 heteroatoms. The van der Waals surface area contributed by atoms with Gasteiger partial charge in [0.25, 0.3) is 11.5 Å². The number of aryl methyl sites for hydroxylation is 2. The van der Waals surface area contributed by atoms with Crippen molar-refractivity contribution in [3.8, 4) is 0 Å². The van der Waals surface area contributed by atoms with E-state index in [2.05, 4.69) is 10.3 Å². The third-order valence-corrected chi connectivity index (χ3v) is 5.61. The first-order valence-corrected chi connectivity index (χ1v) is 8.45. The zero-order valence-electron chi connectivity index (χ0n) is 14.5. The van der Waals surface area contributed by atoms with E-state index in [1.54, 1.807) is 14.0 Å². The Morgan fingerprint density at radius 2 is 2.04 bits per heavy atom. The minimum absolute atomic E-state index is 0. The fourth-order valence-corrected chi connectivity index (χ4v) is 4.01. The first kappa shape index (κ1) is 17.9. The lowest BCUT2D eigenvalue weighted by molar-refractivity contribution is 0.0607. The summed E-state index contributed by atoms with van der Waals surface area (Å²) in [4.78, 5) is 31.5. The number of aromatic nitrogens is 2. The molecule has 0 aromatic carbocycles. The summed E-state index contributed by atoms with van der Waals surface area (Å²) in [5, 5.41) is 3.73. The lowest BCUT2D eigenvalue weighted by Crippen LogP contribution is -2.44. The number of piperidine rings is 1. The summed E-state index contributed by atoms with van der Waals surface area (Å²) >= 11 is 0. The third-order valence-electron chi connectivity index (χ3n) is 5.61. The molecule has 136 valence electrons. The summed E-state index contributed by atoms with van der Waals surface area (Å²) in [6, 6.07) is 0. The van der Waals surface area contributed by atoms with Crippen molar-refractivity contribution in [2.24, 2.45) is 12.5 Å². The molecule has 1 N–H and O–H groups in total. The maximum Gasteiger partial charge on any atom is 0.265 e. The number of fused-ring (bicyclic) bond motifs is 1. The van der Waals surface area contributed by atoms with Crippen LogP contribution in [0.25, 0.3) is 11.1 Å². The Labute approximate surface area is 151 Å². The Bertz CT molecular complexity index is 857. The second-order valence-electron chi connectivity index (χ2n) is 7.09. The van der Waals surface area contributed by atoms with Crippen molar-refractivity contribution in [2.75, 3.05) is 26.2 Å². The number of likely N-dealkylation sites (tertiary alicyclic amines) is 1. The molecule has 2 saturated heterocycles. The molecule has 1 amide bonds. The van der Waals surface area contributed by atoms with Gasteiger partial charge < -0.3 is 19.2 Å². The largest absolute Gasteiger partial charge is 0.442 e. The van der Waals surface area contributed by atoms with Crippen LogP contribution in [0.15, 0.2) is 15.5 Å². The number of amides is 1. The number of nitrogens with zero attached hydrogens (tertiary/aromatic N) is 3. The molecule has 0 bridgehead atoms. The zero-order chi connectivity index (χ0) is 16.9. The lowest BCUT2D eigenvalue weighted by atomic mass is 9.78. The van der Waals surface area contributed by atoms with Crippen LogP contribution in [-0.4, -0.2) is 46.5 Å². The molecule has 0 unspecified atom stereocenters. The summed E-state index contributed by atoms with van der Waals surface area (Å²) in [6.07, 6.45) is 4.63. The van der Waals surface area contributed by atoms with Crippen molar-refractivity contribution in [3.63, 3.8) is 0 Å². The van der Waals surface area contributed by atoms with E-state index in [1.165, 1.54) is 17.3 Å². The molecule has 0 aliphatic carbocycles. The number of halogens is 1. The van der Waals surface area contributed by atoms with Gasteiger partial charge in [-0.2, -0.15) is 0 Å². The quantitative estimate of drug-likeness (QED) is 0.826. The highest BCUT2D eigenvalue weighted by Crippen LogP contribution is 2.37. The molecular weight excluding hydrogens is 344 g/mol. The minimum atomic E-state index is -0.242. The van der Waals surface area contributed by atoms with Gasteiger partial charge in [-0.1, -0.05) is 0 Å². The Morgan fingerprint density at radius 3 is 2.68 bits per heavy atom. The second-order valence-corrected chi connectivity index (χ2v) is 7.09. The van der Waals surface area contributed by atoms with Crippen LogP contribution in [-0.2, 0) is 7.05 Å². The van der Waals surface area contributed by atoms with E-state index < -0.39 is 0 Å². The molecule has 2 aromatic rings. The number of nitrogens with one attached hydrogen (secondary N) is 1. The summed E-state index contributed by atoms with van der Waals surface area (Å²) in [6.45, 7) is 5.30. The van der Waals surface area contributed by atoms with Crippen LogP contribution in [0.4, 0.5) is 0 Å². The Morgan fingerprint density at radius 1 is 1.32 bits per heavy atom. The first-order chi connectivity index (χ1) is 11.5. The van der Waals surface area contributed by atoms with Crippen molar-refractivity contribution in [1.29, 1.82) is 0 Å². The number of hydrogen-bond acceptors (Lipinski definition) is 5. The van der Waals surface area contributed by atoms with Gasteiger partial charge in [0.15, 0.2) is 0 Å². The van der Waals surface area contributed by atoms with E-state index in [0.717, 1.165) is 39.0 Å². The average molecular weight is 367 g/mol. The van der Waals surface area contributed by atoms with Crippen LogP contribution in [0.2, 0.25) is 0 Å². The van der Waals surface area contributed by atoms with E-state index in [1.807, 2.05) is 4.90 Å². The van der Waals surface area contributed by atoms with Gasteiger partial charge in [0.1, 0.15) is 17.5 Å². The molecule has 2 aromatic heterocycles. The molecule has 0 saturated carbocycles. The maximum absolute atomic E-state index is 13.0. The molecule has 1 spiro atoms. The summed E-state index contributed by atoms with van der Waals surface area (Å²) in [5.41, 5.74) is 0.724. The van der Waals surface area contributed by atoms with Gasteiger partial charge >= 0.3 is 0 Å². The van der Waals surface area contributed by atoms with Crippen LogP contribution in [0.5, 0.6) is 0 Å². The predicted molar refractivity (Wildman–Crippen MR) is 96.3 cm³/mol. The van der Waals surface area contributed by atoms with E-state index in [4.69, 9.17) is 4.42 Å². The summed E-state index contributed by atoms with van der Waals surface area (Å²) in [7, 11) is 1.63. The van der Waals surface area contributed by atoms with Crippen LogP contribution >= 0.6 is 12.4 Å². The molecule has 2 fully saturated rings. The number of carbonyl (C=O) groups excluding carboxylic acids is 1. The molecule has 4 heterocycles. The van der Waals surface area contributed by atoms with E-state index in [0.29, 0.717) is 22.1 Å². The Kier molecular flexibility index (Phi) is 4.64. The number of rotatable bonds is 1. The van der Waals surface area contributed by atoms with E-state index in [9.17, 15) is 9.59 Å². The smallest absolute Gasteiger partial charge is 0.265 e. The minimum Gasteiger partial charge on any atom is -0.442 e. The highest BCUT2D eigenvalue weighted by molar-refractivity contribution is 6.06. The van der Waals surface area contributed by atoms with Crippen LogP contribution in [0.3, 0.4) is 0 Å². The zero-order valence-corrected chi connectivity index (χ0v) is 15.3. The lowest BCUT2D eigenvalue weighted by Gasteiger charge is -2.38. The monoisotopic (exact) mass is 366 g/mol. The number of carbonyl (C=O) groups is 1. The van der Waals surface area contributed by atoms with E-state index >= 15 is 0 Å². The Balaban J connectivity index is 0.00000182. The fraction of sp³-hybridized carbons (Fsp3) is 0.588. The topological polar surface area (TPSA) is 80.4 Å². The highest BCUT2D eigenvalue weighted by Gasteiger charge is 2.39. The van der Waals surface area contributed by atoms with Gasteiger partial charge in [0.2, 0.25) is 5.71 Å². The van der Waals surface area contributed by atoms with Gasteiger partial charge in [-0.15, -0.1) is 12.4 Å². The predicted octanol–water partition coefficient (Wildman–Crippen LogP) is 1.47. The van der Waals surface area contributed by atoms with Crippen molar-refractivity contribution in [3.05, 3.63) is 28.0 Å². The molecule has 0 radical (unpaired) electrons. The van der Waals surface area contributed by atoms with E-state index in [-0.39, 0.29) is 29.6 Å². The fourth-order valence-electron chi connectivity index (χ4n) is 4.01. The highest BCUT2D eigenvalue weighted by atomic mass is 35.5. The number of hydrogen-bond donors (Lipinski definition) is 1. The number of furan rings is 1. The average Bonchev–Trinajstić information content (AvgIpc) is 3.16. The molecule has 2 aliphatic rings. The summed E-state index contributed by atoms with van der Waals surface area (Å²) < 4.78 is 6.94. The van der Waals surface area contributed by atoms with Crippen LogP contribution in [0, 0.1) is 12.3 Å². The van der Waals surface area contributed by atoms with Crippen molar-refractivity contribution in [2.45, 2.75) is 26.2 Å². The third kappa shape index (κ3) is 2.85. The van der Waals surface area contributed by atoms with Crippen LogP contribution < -0.4 is 10.9 Å². The van der Waals surface area contributed by atoms with Crippen molar-refractivity contribution >= 4 is 29.4 Å². The molecule has 7 nitrogen and oxygen atoms in total. The molecular formula is C17H23ClN4O3. The molecule has 2 aliphatic heterocycles. The molecule has 25 heavy (non-hydrogen) atoms. The first-order valence-electron chi connectivity index (χ1n) is 8.45. The Hall–Kier alpha value is -1.86. The molecule has 0 atom stereocenters. The second kappa shape index (κ2) is 6.46. The van der Waals surface area contributed by atoms with Gasteiger partial charge in [0, 0.05) is 26.7 Å². The maximum atomic E-state index is 13.0. The van der Waals surface area contributed by atoms with Gasteiger partial charge in [-0.25, -0.2) is 4.98 Å². The SMILES string of the molecule is Cc1oc2ncn(C)c(=O)c2c1C(=O)N1CCC2(CCNC2)CC1.Cl. The summed E-state index contributed by atoms with van der Waals surface area (Å²) in [5.74, 6) is 0.353. The van der Waals surface area contributed by atoms with Crippen LogP contribution in [0.1, 0.15) is 35.4 Å². The molecule has 4 rings (SSSR count). The van der Waals surface area contributed by atoms with Gasteiger partial charge in [-0.3, -0.25) is 9.59 Å². The van der Waals surface area contributed by atoms with Crippen molar-refractivity contribution in [1.82, 2.24) is 19.8 Å². The standard InChI is InChI=1S/C17H22N4O3.ClH/c1-11-12(13-14(24-11)19-10-20(2)15(13)22)16(23)21-7-4-17(5-8-21)3-6-18-9-17;/h10,18H,3-9H2,1-2H3;1H. The van der Waals surface area contributed by atoms with Gasteiger partial charge in [0.05, 0.1) is 5.56 Å².